The number of hydrogen-bond acceptors (Lipinski definition) is 6. The van der Waals surface area contributed by atoms with Crippen molar-refractivity contribution in [2.45, 2.75) is 6.92 Å². The number of anilines is 3. The maximum absolute atomic E-state index is 12.6. The van der Waals surface area contributed by atoms with Crippen molar-refractivity contribution < 1.29 is 19.0 Å². The second-order valence-corrected chi connectivity index (χ2v) is 6.32. The molecular weight excluding hydrogens is 370 g/mol. The molecule has 0 atom stereocenters. The highest BCUT2D eigenvalue weighted by Crippen LogP contribution is 2.40. The molecule has 1 heterocycles. The summed E-state index contributed by atoms with van der Waals surface area (Å²) >= 11 is 0. The molecule has 0 aliphatic rings. The Morgan fingerprint density at radius 1 is 0.828 bits per heavy atom. The van der Waals surface area contributed by atoms with Gasteiger partial charge in [-0.25, -0.2) is 0 Å². The van der Waals surface area contributed by atoms with E-state index in [1.165, 1.54) is 6.20 Å². The van der Waals surface area contributed by atoms with Crippen LogP contribution in [0.1, 0.15) is 15.9 Å². The molecule has 1 aromatic heterocycles. The van der Waals surface area contributed by atoms with Crippen LogP contribution in [0.3, 0.4) is 0 Å². The summed E-state index contributed by atoms with van der Waals surface area (Å²) in [5, 5.41) is 6.08. The predicted octanol–water partition coefficient (Wildman–Crippen LogP) is 4.41. The number of ether oxygens (including phenoxy) is 3. The van der Waals surface area contributed by atoms with Crippen molar-refractivity contribution in [2.24, 2.45) is 0 Å². The molecule has 150 valence electrons. The Kier molecular flexibility index (Phi) is 6.19. The molecule has 0 saturated heterocycles. The Labute approximate surface area is 169 Å². The Morgan fingerprint density at radius 3 is 2.07 bits per heavy atom. The minimum absolute atomic E-state index is 0.241. The van der Waals surface area contributed by atoms with Gasteiger partial charge in [-0.1, -0.05) is 17.7 Å². The minimum Gasteiger partial charge on any atom is -0.493 e. The highest BCUT2D eigenvalue weighted by molar-refractivity contribution is 6.04. The monoisotopic (exact) mass is 393 g/mol. The summed E-state index contributed by atoms with van der Waals surface area (Å²) in [6.45, 7) is 1.99. The van der Waals surface area contributed by atoms with E-state index in [4.69, 9.17) is 14.2 Å². The number of aryl methyl sites for hydroxylation is 1. The standard InChI is InChI=1S/C22H23N3O4/c1-14-5-7-16(8-6-14)25-22(26)15-9-18(13-23-12-15)24-17-10-19(27-2)21(29-4)20(11-17)28-3/h5-13,24H,1-4H3,(H,25,26). The smallest absolute Gasteiger partial charge is 0.257 e. The molecule has 0 radical (unpaired) electrons. The maximum Gasteiger partial charge on any atom is 0.257 e. The van der Waals surface area contributed by atoms with Gasteiger partial charge in [0, 0.05) is 29.7 Å². The van der Waals surface area contributed by atoms with E-state index >= 15 is 0 Å². The molecule has 0 spiro atoms. The summed E-state index contributed by atoms with van der Waals surface area (Å²) in [4.78, 5) is 16.7. The third-order valence-electron chi connectivity index (χ3n) is 4.26. The van der Waals surface area contributed by atoms with Gasteiger partial charge in [0.25, 0.3) is 5.91 Å². The molecule has 1 amide bonds. The van der Waals surface area contributed by atoms with Gasteiger partial charge in [0.15, 0.2) is 11.5 Å². The molecule has 0 unspecified atom stereocenters. The lowest BCUT2D eigenvalue weighted by Gasteiger charge is -2.15. The first-order valence-electron chi connectivity index (χ1n) is 8.94. The largest absolute Gasteiger partial charge is 0.493 e. The summed E-state index contributed by atoms with van der Waals surface area (Å²) in [6, 6.07) is 12.9. The Balaban J connectivity index is 1.81. The van der Waals surface area contributed by atoms with Gasteiger partial charge in [-0.05, 0) is 25.1 Å². The van der Waals surface area contributed by atoms with Gasteiger partial charge in [-0.15, -0.1) is 0 Å². The zero-order valence-corrected chi connectivity index (χ0v) is 16.8. The number of carbonyl (C=O) groups excluding carboxylic acids is 1. The first-order chi connectivity index (χ1) is 14.0. The fourth-order valence-electron chi connectivity index (χ4n) is 2.79. The molecule has 3 aromatic rings. The van der Waals surface area contributed by atoms with Gasteiger partial charge in [-0.3, -0.25) is 9.78 Å². The van der Waals surface area contributed by atoms with Gasteiger partial charge in [0.1, 0.15) is 0 Å². The molecule has 0 fully saturated rings. The number of aromatic nitrogens is 1. The number of rotatable bonds is 7. The highest BCUT2D eigenvalue weighted by atomic mass is 16.5. The summed E-state index contributed by atoms with van der Waals surface area (Å²) in [7, 11) is 4.66. The number of benzene rings is 2. The predicted molar refractivity (Wildman–Crippen MR) is 113 cm³/mol. The number of nitrogens with zero attached hydrogens (tertiary/aromatic N) is 1. The lowest BCUT2D eigenvalue weighted by Crippen LogP contribution is -2.12. The van der Waals surface area contributed by atoms with Crippen LogP contribution in [0.4, 0.5) is 17.1 Å². The third kappa shape index (κ3) is 4.76. The maximum atomic E-state index is 12.6. The SMILES string of the molecule is COc1cc(Nc2cncc(C(=O)Nc3ccc(C)cc3)c2)cc(OC)c1OC. The number of nitrogens with one attached hydrogen (secondary N) is 2. The van der Waals surface area contributed by atoms with E-state index in [-0.39, 0.29) is 5.91 Å². The van der Waals surface area contributed by atoms with Crippen LogP contribution in [0.25, 0.3) is 0 Å². The normalized spacial score (nSPS) is 10.2. The topological polar surface area (TPSA) is 81.7 Å². The Bertz CT molecular complexity index is 978. The number of carbonyl (C=O) groups is 1. The number of pyridine rings is 1. The summed E-state index contributed by atoms with van der Waals surface area (Å²) in [5.41, 5.74) is 3.64. The van der Waals surface area contributed by atoms with Crippen LogP contribution in [-0.2, 0) is 0 Å². The molecular formula is C22H23N3O4. The number of amides is 1. The van der Waals surface area contributed by atoms with E-state index in [0.717, 1.165) is 11.3 Å². The second kappa shape index (κ2) is 8.97. The highest BCUT2D eigenvalue weighted by Gasteiger charge is 2.14. The first kappa shape index (κ1) is 20.0. The van der Waals surface area contributed by atoms with Gasteiger partial charge >= 0.3 is 0 Å². The third-order valence-corrected chi connectivity index (χ3v) is 4.26. The van der Waals surface area contributed by atoms with Crippen molar-refractivity contribution in [1.82, 2.24) is 4.98 Å². The molecule has 7 heteroatoms. The average molecular weight is 393 g/mol. The average Bonchev–Trinajstić information content (AvgIpc) is 2.74. The van der Waals surface area contributed by atoms with Crippen LogP contribution in [0.5, 0.6) is 17.2 Å². The molecule has 2 aromatic carbocycles. The first-order valence-corrected chi connectivity index (χ1v) is 8.94. The second-order valence-electron chi connectivity index (χ2n) is 6.32. The molecule has 0 bridgehead atoms. The molecule has 7 nitrogen and oxygen atoms in total. The van der Waals surface area contributed by atoms with Gasteiger partial charge in [0.2, 0.25) is 5.75 Å². The number of hydrogen-bond donors (Lipinski definition) is 2. The van der Waals surface area contributed by atoms with Crippen LogP contribution in [0.15, 0.2) is 54.9 Å². The van der Waals surface area contributed by atoms with E-state index in [1.54, 1.807) is 45.7 Å². The minimum atomic E-state index is -0.241. The molecule has 2 N–H and O–H groups in total. The van der Waals surface area contributed by atoms with Crippen molar-refractivity contribution in [3.8, 4) is 17.2 Å². The molecule has 0 saturated carbocycles. The van der Waals surface area contributed by atoms with Gasteiger partial charge < -0.3 is 24.8 Å². The lowest BCUT2D eigenvalue weighted by atomic mass is 10.2. The Hall–Kier alpha value is -3.74. The van der Waals surface area contributed by atoms with Gasteiger partial charge in [-0.2, -0.15) is 0 Å². The zero-order valence-electron chi connectivity index (χ0n) is 16.8. The van der Waals surface area contributed by atoms with Crippen LogP contribution < -0.4 is 24.8 Å². The van der Waals surface area contributed by atoms with Crippen molar-refractivity contribution in [2.75, 3.05) is 32.0 Å². The molecule has 29 heavy (non-hydrogen) atoms. The van der Waals surface area contributed by atoms with E-state index in [0.29, 0.717) is 34.2 Å². The molecule has 3 rings (SSSR count). The van der Waals surface area contributed by atoms with Gasteiger partial charge in [0.05, 0.1) is 38.8 Å². The van der Waals surface area contributed by atoms with E-state index in [9.17, 15) is 4.79 Å². The summed E-state index contributed by atoms with van der Waals surface area (Å²) < 4.78 is 16.1. The van der Waals surface area contributed by atoms with Crippen molar-refractivity contribution in [1.29, 1.82) is 0 Å². The fraction of sp³-hybridized carbons (Fsp3) is 0.182. The van der Waals surface area contributed by atoms with E-state index in [2.05, 4.69) is 15.6 Å². The molecule has 0 aliphatic carbocycles. The molecule has 0 aliphatic heterocycles. The van der Waals surface area contributed by atoms with Crippen molar-refractivity contribution in [3.05, 3.63) is 66.0 Å². The summed E-state index contributed by atoms with van der Waals surface area (Å²) in [5.74, 6) is 1.31. The summed E-state index contributed by atoms with van der Waals surface area (Å²) in [6.07, 6.45) is 3.15. The van der Waals surface area contributed by atoms with Crippen LogP contribution >= 0.6 is 0 Å². The number of methoxy groups -OCH3 is 3. The van der Waals surface area contributed by atoms with E-state index in [1.807, 2.05) is 31.2 Å². The van der Waals surface area contributed by atoms with Crippen molar-refractivity contribution >= 4 is 23.0 Å². The van der Waals surface area contributed by atoms with Crippen LogP contribution in [0, 0.1) is 6.92 Å². The fourth-order valence-corrected chi connectivity index (χ4v) is 2.79. The van der Waals surface area contributed by atoms with Crippen LogP contribution in [0.2, 0.25) is 0 Å². The van der Waals surface area contributed by atoms with E-state index < -0.39 is 0 Å². The van der Waals surface area contributed by atoms with Crippen molar-refractivity contribution in [3.63, 3.8) is 0 Å². The Morgan fingerprint density at radius 2 is 1.48 bits per heavy atom. The van der Waals surface area contributed by atoms with Crippen LogP contribution in [-0.4, -0.2) is 32.2 Å². The zero-order chi connectivity index (χ0) is 20.8. The lowest BCUT2D eigenvalue weighted by molar-refractivity contribution is 0.102. The quantitative estimate of drug-likeness (QED) is 0.619.